The van der Waals surface area contributed by atoms with Gasteiger partial charge < -0.3 is 15.5 Å². The van der Waals surface area contributed by atoms with Crippen LogP contribution in [-0.4, -0.2) is 22.1 Å². The highest BCUT2D eigenvalue weighted by Crippen LogP contribution is 2.14. The van der Waals surface area contributed by atoms with E-state index in [1.807, 2.05) is 0 Å². The van der Waals surface area contributed by atoms with Crippen molar-refractivity contribution in [2.45, 2.75) is 25.7 Å². The largest absolute Gasteiger partial charge is 0.508 e. The Kier molecular flexibility index (Phi) is 5.00. The van der Waals surface area contributed by atoms with Gasteiger partial charge >= 0.3 is 5.97 Å². The lowest BCUT2D eigenvalue weighted by Gasteiger charge is -2.04. The summed E-state index contributed by atoms with van der Waals surface area (Å²) in [6.45, 7) is 0. The van der Waals surface area contributed by atoms with Gasteiger partial charge in [0.15, 0.2) is 0 Å². The fraction of sp³-hybridized carbons (Fsp3) is 0.333. The molecule has 0 bridgehead atoms. The zero-order chi connectivity index (χ0) is 12.7. The summed E-state index contributed by atoms with van der Waals surface area (Å²) in [7, 11) is 0. The molecule has 5 heteroatoms. The van der Waals surface area contributed by atoms with E-state index in [1.165, 1.54) is 12.1 Å². The number of unbranched alkanes of at least 4 members (excludes halogenated alkanes) is 1. The highest BCUT2D eigenvalue weighted by molar-refractivity contribution is 5.90. The van der Waals surface area contributed by atoms with Gasteiger partial charge in [0.2, 0.25) is 5.91 Å². The molecule has 0 spiro atoms. The van der Waals surface area contributed by atoms with Gasteiger partial charge in [0.25, 0.3) is 0 Å². The number of carboxylic acid groups (broad SMARTS) is 1. The molecule has 0 heterocycles. The Morgan fingerprint density at radius 1 is 1.06 bits per heavy atom. The minimum atomic E-state index is -0.844. The predicted octanol–water partition coefficient (Wildman–Crippen LogP) is 1.98. The molecule has 1 amide bonds. The number of hydrogen-bond acceptors (Lipinski definition) is 3. The normalized spacial score (nSPS) is 9.88. The zero-order valence-electron chi connectivity index (χ0n) is 9.35. The monoisotopic (exact) mass is 237 g/mol. The summed E-state index contributed by atoms with van der Waals surface area (Å²) in [5.41, 5.74) is 0.617. The van der Waals surface area contributed by atoms with E-state index >= 15 is 0 Å². The molecule has 1 aromatic carbocycles. The number of anilines is 1. The fourth-order valence-corrected chi connectivity index (χ4v) is 1.33. The van der Waals surface area contributed by atoms with Crippen molar-refractivity contribution in [3.63, 3.8) is 0 Å². The number of phenols is 1. The van der Waals surface area contributed by atoms with E-state index < -0.39 is 5.97 Å². The lowest BCUT2D eigenvalue weighted by atomic mass is 10.2. The summed E-state index contributed by atoms with van der Waals surface area (Å²) in [6.07, 6.45) is 1.44. The highest BCUT2D eigenvalue weighted by Gasteiger charge is 2.03. The second-order valence-electron chi connectivity index (χ2n) is 3.70. The lowest BCUT2D eigenvalue weighted by Crippen LogP contribution is -2.11. The van der Waals surface area contributed by atoms with Crippen molar-refractivity contribution in [1.29, 1.82) is 0 Å². The van der Waals surface area contributed by atoms with Crippen LogP contribution in [-0.2, 0) is 9.59 Å². The Labute approximate surface area is 99.1 Å². The second-order valence-corrected chi connectivity index (χ2v) is 3.70. The number of hydrogen-bond donors (Lipinski definition) is 3. The molecule has 1 aromatic rings. The van der Waals surface area contributed by atoms with Gasteiger partial charge in [-0.15, -0.1) is 0 Å². The summed E-state index contributed by atoms with van der Waals surface area (Å²) in [4.78, 5) is 21.7. The predicted molar refractivity (Wildman–Crippen MR) is 62.8 cm³/mol. The van der Waals surface area contributed by atoms with Crippen LogP contribution in [0.2, 0.25) is 0 Å². The molecule has 0 aromatic heterocycles. The molecule has 0 unspecified atom stereocenters. The molecule has 0 aliphatic heterocycles. The van der Waals surface area contributed by atoms with Crippen LogP contribution in [0.4, 0.5) is 5.69 Å². The molecule has 3 N–H and O–H groups in total. The van der Waals surface area contributed by atoms with Crippen LogP contribution in [0.15, 0.2) is 24.3 Å². The number of aromatic hydroxyl groups is 1. The smallest absolute Gasteiger partial charge is 0.303 e. The molecule has 17 heavy (non-hydrogen) atoms. The molecule has 92 valence electrons. The van der Waals surface area contributed by atoms with Gasteiger partial charge in [-0.1, -0.05) is 0 Å². The maximum absolute atomic E-state index is 11.4. The van der Waals surface area contributed by atoms with Crippen molar-refractivity contribution in [1.82, 2.24) is 0 Å². The van der Waals surface area contributed by atoms with E-state index in [1.54, 1.807) is 12.1 Å². The third-order valence-electron chi connectivity index (χ3n) is 2.20. The van der Waals surface area contributed by atoms with Crippen LogP contribution < -0.4 is 5.32 Å². The third-order valence-corrected chi connectivity index (χ3v) is 2.20. The quantitative estimate of drug-likeness (QED) is 0.521. The third kappa shape index (κ3) is 5.55. The Balaban J connectivity index is 2.25. The maximum Gasteiger partial charge on any atom is 0.303 e. The number of carbonyl (C=O) groups is 2. The van der Waals surface area contributed by atoms with Gasteiger partial charge in [-0.2, -0.15) is 0 Å². The van der Waals surface area contributed by atoms with Crippen LogP contribution >= 0.6 is 0 Å². The van der Waals surface area contributed by atoms with E-state index in [0.29, 0.717) is 24.9 Å². The van der Waals surface area contributed by atoms with Crippen LogP contribution in [0.3, 0.4) is 0 Å². The van der Waals surface area contributed by atoms with E-state index in [9.17, 15) is 9.59 Å². The standard InChI is InChI=1S/C12H15NO4/c14-10-7-5-9(6-8-10)13-11(15)3-1-2-4-12(16)17/h5-8,14H,1-4H2,(H,13,15)(H,16,17). The molecular formula is C12H15NO4. The van der Waals surface area contributed by atoms with Crippen molar-refractivity contribution >= 4 is 17.6 Å². The summed E-state index contributed by atoms with van der Waals surface area (Å²) < 4.78 is 0. The number of rotatable bonds is 6. The number of amides is 1. The Morgan fingerprint density at radius 2 is 1.65 bits per heavy atom. The first-order chi connectivity index (χ1) is 8.08. The minimum Gasteiger partial charge on any atom is -0.508 e. The first-order valence-electron chi connectivity index (χ1n) is 5.38. The van der Waals surface area contributed by atoms with Gasteiger partial charge in [0, 0.05) is 18.5 Å². The number of aliphatic carboxylic acids is 1. The first kappa shape index (κ1) is 13.0. The molecule has 0 aliphatic rings. The summed E-state index contributed by atoms with van der Waals surface area (Å²) in [5, 5.41) is 20.1. The average Bonchev–Trinajstić information content (AvgIpc) is 2.27. The Bertz CT molecular complexity index is 386. The van der Waals surface area contributed by atoms with Crippen LogP contribution in [0.5, 0.6) is 5.75 Å². The topological polar surface area (TPSA) is 86.6 Å². The van der Waals surface area contributed by atoms with Crippen LogP contribution in [0.25, 0.3) is 0 Å². The molecule has 0 radical (unpaired) electrons. The average molecular weight is 237 g/mol. The van der Waals surface area contributed by atoms with E-state index in [0.717, 1.165) is 0 Å². The lowest BCUT2D eigenvalue weighted by molar-refractivity contribution is -0.137. The van der Waals surface area contributed by atoms with Crippen LogP contribution in [0.1, 0.15) is 25.7 Å². The summed E-state index contributed by atoms with van der Waals surface area (Å²) in [5.74, 6) is -0.852. The van der Waals surface area contributed by atoms with Gasteiger partial charge in [0.05, 0.1) is 0 Å². The molecule has 1 rings (SSSR count). The number of phenolic OH excluding ortho intramolecular Hbond substituents is 1. The summed E-state index contributed by atoms with van der Waals surface area (Å²) >= 11 is 0. The summed E-state index contributed by atoms with van der Waals surface area (Å²) in [6, 6.07) is 6.18. The highest BCUT2D eigenvalue weighted by atomic mass is 16.4. The first-order valence-corrected chi connectivity index (χ1v) is 5.38. The van der Waals surface area contributed by atoms with E-state index in [2.05, 4.69) is 5.32 Å². The number of carbonyl (C=O) groups excluding carboxylic acids is 1. The number of nitrogens with one attached hydrogen (secondary N) is 1. The molecule has 0 atom stereocenters. The molecular weight excluding hydrogens is 222 g/mol. The molecule has 5 nitrogen and oxygen atoms in total. The number of carboxylic acids is 1. The fourth-order valence-electron chi connectivity index (χ4n) is 1.33. The number of benzene rings is 1. The van der Waals surface area contributed by atoms with Crippen molar-refractivity contribution in [2.24, 2.45) is 0 Å². The van der Waals surface area contributed by atoms with Gasteiger partial charge in [-0.05, 0) is 37.1 Å². The Hall–Kier alpha value is -2.04. The van der Waals surface area contributed by atoms with Crippen molar-refractivity contribution in [3.8, 4) is 5.75 Å². The van der Waals surface area contributed by atoms with Crippen molar-refractivity contribution < 1.29 is 19.8 Å². The zero-order valence-corrected chi connectivity index (χ0v) is 9.35. The molecule has 0 aliphatic carbocycles. The van der Waals surface area contributed by atoms with Crippen molar-refractivity contribution in [3.05, 3.63) is 24.3 Å². The molecule has 0 saturated heterocycles. The van der Waals surface area contributed by atoms with Gasteiger partial charge in [-0.25, -0.2) is 0 Å². The second kappa shape index (κ2) is 6.52. The van der Waals surface area contributed by atoms with Crippen LogP contribution in [0, 0.1) is 0 Å². The maximum atomic E-state index is 11.4. The molecule has 0 saturated carbocycles. The molecule has 0 fully saturated rings. The minimum absolute atomic E-state index is 0.0898. The Morgan fingerprint density at radius 3 is 2.24 bits per heavy atom. The van der Waals surface area contributed by atoms with E-state index in [4.69, 9.17) is 10.2 Å². The van der Waals surface area contributed by atoms with Crippen molar-refractivity contribution in [2.75, 3.05) is 5.32 Å². The van der Waals surface area contributed by atoms with E-state index in [-0.39, 0.29) is 18.1 Å². The van der Waals surface area contributed by atoms with Gasteiger partial charge in [-0.3, -0.25) is 9.59 Å². The SMILES string of the molecule is O=C(O)CCCCC(=O)Nc1ccc(O)cc1. The van der Waals surface area contributed by atoms with Gasteiger partial charge in [0.1, 0.15) is 5.75 Å².